The maximum atomic E-state index is 13.8. The third kappa shape index (κ3) is 9.22. The zero-order valence-corrected chi connectivity index (χ0v) is 29.5. The Balaban J connectivity index is 1.32. The van der Waals surface area contributed by atoms with Crippen LogP contribution in [0.3, 0.4) is 0 Å². The molecule has 1 saturated heterocycles. The summed E-state index contributed by atoms with van der Waals surface area (Å²) in [5.74, 6) is -4.17. The van der Waals surface area contributed by atoms with E-state index in [1.165, 1.54) is 31.2 Å². The molecule has 1 fully saturated rings. The summed E-state index contributed by atoms with van der Waals surface area (Å²) < 4.78 is 40.1. The molecule has 3 aromatic rings. The Morgan fingerprint density at radius 2 is 1.45 bits per heavy atom. The molecule has 2 aliphatic heterocycles. The highest BCUT2D eigenvalue weighted by atomic mass is 32.2. The van der Waals surface area contributed by atoms with Crippen molar-refractivity contribution in [2.75, 3.05) is 13.2 Å². The molecule has 5 rings (SSSR count). The molecule has 2 heterocycles. The lowest BCUT2D eigenvalue weighted by atomic mass is 9.91. The Hall–Kier alpha value is -6.83. The van der Waals surface area contributed by atoms with Crippen LogP contribution in [0.4, 0.5) is 15.3 Å². The molecule has 2 unspecified atom stereocenters. The number of ether oxygens (including phenoxy) is 5. The highest BCUT2D eigenvalue weighted by Crippen LogP contribution is 2.44. The number of carbonyl (C=O) groups is 4. The molecule has 20 nitrogen and oxygen atoms in total. The molecule has 0 saturated carbocycles. The van der Waals surface area contributed by atoms with E-state index in [9.17, 15) is 49.5 Å². The van der Waals surface area contributed by atoms with Crippen molar-refractivity contribution in [3.63, 3.8) is 0 Å². The maximum Gasteiger partial charge on any atom is 0.529 e. The summed E-state index contributed by atoms with van der Waals surface area (Å²) in [5.41, 5.74) is 10.6. The summed E-state index contributed by atoms with van der Waals surface area (Å²) in [6, 6.07) is 21.9. The Bertz CT molecular complexity index is 2030. The molecule has 3 aromatic carbocycles. The molecule has 286 valence electrons. The van der Waals surface area contributed by atoms with Crippen LogP contribution < -0.4 is 0 Å². The molecule has 55 heavy (non-hydrogen) atoms. The second-order valence-corrected chi connectivity index (χ2v) is 13.1. The number of β-lactam (4-membered cyclic amide) rings is 1. The lowest BCUT2D eigenvalue weighted by molar-refractivity contribution is -0.635. The van der Waals surface area contributed by atoms with Gasteiger partial charge in [0, 0.05) is 12.1 Å². The third-order valence-corrected chi connectivity index (χ3v) is 9.69. The van der Waals surface area contributed by atoms with Crippen molar-refractivity contribution < 1.29 is 62.2 Å². The first-order chi connectivity index (χ1) is 26.4. The summed E-state index contributed by atoms with van der Waals surface area (Å²) in [6.07, 6.45) is -3.91. The van der Waals surface area contributed by atoms with Crippen LogP contribution in [0.15, 0.2) is 96.4 Å². The van der Waals surface area contributed by atoms with Gasteiger partial charge >= 0.3 is 23.3 Å². The number of fused-ring (bicyclic) bond motifs is 1. The highest BCUT2D eigenvalue weighted by Gasteiger charge is 2.68. The summed E-state index contributed by atoms with van der Waals surface area (Å²) in [4.78, 5) is 78.2. The second-order valence-electron chi connectivity index (χ2n) is 11.6. The van der Waals surface area contributed by atoms with Crippen molar-refractivity contribution in [1.29, 1.82) is 0 Å². The number of esters is 1. The molecule has 4 atom stereocenters. The van der Waals surface area contributed by atoms with E-state index < -0.39 is 92.3 Å². The number of hydrogen-bond donors (Lipinski definition) is 0. The Morgan fingerprint density at radius 3 is 2.02 bits per heavy atom. The topological polar surface area (TPSA) is 267 Å². The normalized spacial score (nSPS) is 17.8. The zero-order valence-electron chi connectivity index (χ0n) is 28.7. The van der Waals surface area contributed by atoms with Crippen molar-refractivity contribution >= 4 is 46.0 Å². The highest BCUT2D eigenvalue weighted by molar-refractivity contribution is 8.07. The van der Waals surface area contributed by atoms with Gasteiger partial charge in [-0.3, -0.25) is 19.8 Å². The molecule has 2 aliphatic rings. The van der Waals surface area contributed by atoms with E-state index in [0.717, 1.165) is 4.90 Å². The third-order valence-electron chi connectivity index (χ3n) is 8.10. The fraction of sp³-hybridized carbons (Fsp3) is 0.265. The monoisotopic (exact) mass is 778 g/mol. The predicted molar refractivity (Wildman–Crippen MR) is 184 cm³/mol. The van der Waals surface area contributed by atoms with Crippen LogP contribution >= 0.6 is 0 Å². The van der Waals surface area contributed by atoms with Crippen LogP contribution in [-0.4, -0.2) is 83.0 Å². The number of carbonyl (C=O) groups excluding carboxylic acids is 4. The van der Waals surface area contributed by atoms with Gasteiger partial charge in [-0.2, -0.15) is 0 Å². The van der Waals surface area contributed by atoms with Gasteiger partial charge in [-0.15, -0.1) is 4.79 Å². The average molecular weight is 779 g/mol. The minimum Gasteiger partial charge on any atom is -0.604 e. The molecule has 0 aliphatic carbocycles. The van der Waals surface area contributed by atoms with E-state index in [4.69, 9.17) is 23.7 Å². The van der Waals surface area contributed by atoms with Crippen LogP contribution in [0, 0.1) is 26.1 Å². The van der Waals surface area contributed by atoms with Gasteiger partial charge in [0.05, 0.1) is 4.92 Å². The molecule has 0 bridgehead atoms. The van der Waals surface area contributed by atoms with E-state index >= 15 is 0 Å². The largest absolute Gasteiger partial charge is 0.604 e. The standard InChI is InChI=1S/C34H30N6O14S/c1-21(54-34(44)53-20-24-12-14-25(15-13-24)39(45)46)26-30(41)38-27(32(42)51-18-22-8-4-2-5-9-22)28(29(36-35)55(49)31(26)38)50-17-16-37(40(47)48)33(43)52-19-23-10-6-3-7-11-23/h2-15,21,26,31H,16-20H2,1H3/t21?,26-,31+,55?/m0/s1. The zero-order chi connectivity index (χ0) is 39.6. The molecular weight excluding hydrogens is 748 g/mol. The van der Waals surface area contributed by atoms with Crippen molar-refractivity contribution in [2.45, 2.75) is 38.2 Å². The number of nitrogens with zero attached hydrogens (tertiary/aromatic N) is 6. The smallest absolute Gasteiger partial charge is 0.529 e. The minimum atomic E-state index is -2.47. The summed E-state index contributed by atoms with van der Waals surface area (Å²) in [6.45, 7) is -1.17. The Morgan fingerprint density at radius 1 is 0.891 bits per heavy atom. The van der Waals surface area contributed by atoms with E-state index in [-0.39, 0.29) is 30.5 Å². The van der Waals surface area contributed by atoms with Gasteiger partial charge in [-0.25, -0.2) is 24.5 Å². The molecule has 2 amide bonds. The molecule has 0 aromatic heterocycles. The number of rotatable bonds is 15. The quantitative estimate of drug-likeness (QED) is 0.0312. The summed E-state index contributed by atoms with van der Waals surface area (Å²) in [5, 5.41) is 19.4. The first kappa shape index (κ1) is 39.4. The van der Waals surface area contributed by atoms with Gasteiger partial charge in [-0.1, -0.05) is 60.7 Å². The van der Waals surface area contributed by atoms with E-state index in [1.54, 1.807) is 60.7 Å². The van der Waals surface area contributed by atoms with Crippen molar-refractivity contribution in [3.8, 4) is 0 Å². The van der Waals surface area contributed by atoms with Crippen LogP contribution in [0.25, 0.3) is 5.53 Å². The van der Waals surface area contributed by atoms with Gasteiger partial charge in [0.15, 0.2) is 10.7 Å². The van der Waals surface area contributed by atoms with Crippen molar-refractivity contribution in [3.05, 3.63) is 139 Å². The van der Waals surface area contributed by atoms with Crippen molar-refractivity contribution in [1.82, 2.24) is 9.91 Å². The van der Waals surface area contributed by atoms with Crippen molar-refractivity contribution in [2.24, 2.45) is 5.92 Å². The fourth-order valence-corrected chi connectivity index (χ4v) is 7.04. The SMILES string of the molecule is CC(OC(=O)OCc1ccc([N+](=O)[O-])cc1)[C@H]1C(=O)N2C(C(=O)OCc3ccccc3)=C(OCCN(C(=O)OCc3ccccc3)[N+](=O)[O-])C(=[N+]=[N-])[S+]([O-])[C@H]12. The van der Waals surface area contributed by atoms with Gasteiger partial charge in [0.1, 0.15) is 56.2 Å². The molecule has 21 heteroatoms. The summed E-state index contributed by atoms with van der Waals surface area (Å²) >= 11 is -2.47. The molecule has 0 N–H and O–H groups in total. The maximum absolute atomic E-state index is 13.8. The van der Waals surface area contributed by atoms with E-state index in [0.29, 0.717) is 16.7 Å². The predicted octanol–water partition coefficient (Wildman–Crippen LogP) is 3.61. The van der Waals surface area contributed by atoms with Crippen LogP contribution in [0.2, 0.25) is 0 Å². The fourth-order valence-electron chi connectivity index (χ4n) is 5.38. The minimum absolute atomic E-state index is 0.0831. The molecular formula is C34H30N6O14S. The number of hydrogen-bond acceptors (Lipinski definition) is 14. The summed E-state index contributed by atoms with van der Waals surface area (Å²) in [7, 11) is 0. The number of non-ortho nitro benzene ring substituents is 1. The Kier molecular flexibility index (Phi) is 12.7. The number of benzene rings is 3. The van der Waals surface area contributed by atoms with Crippen LogP contribution in [-0.2, 0) is 64.3 Å². The van der Waals surface area contributed by atoms with Gasteiger partial charge in [-0.05, 0) is 40.8 Å². The lowest BCUT2D eigenvalue weighted by Crippen LogP contribution is -2.70. The van der Waals surface area contributed by atoms with Crippen LogP contribution in [0.1, 0.15) is 23.6 Å². The average Bonchev–Trinajstić information content (AvgIpc) is 3.17. The molecule has 0 radical (unpaired) electrons. The Labute approximate surface area is 313 Å². The number of amides is 2. The van der Waals surface area contributed by atoms with Crippen LogP contribution in [0.5, 0.6) is 0 Å². The first-order valence-electron chi connectivity index (χ1n) is 16.1. The molecule has 0 spiro atoms. The van der Waals surface area contributed by atoms with Gasteiger partial charge in [0.2, 0.25) is 11.3 Å². The van der Waals surface area contributed by atoms with E-state index in [1.807, 2.05) is 0 Å². The first-order valence-corrected chi connectivity index (χ1v) is 17.4. The van der Waals surface area contributed by atoms with E-state index in [2.05, 4.69) is 4.79 Å². The van der Waals surface area contributed by atoms with Gasteiger partial charge in [0.25, 0.3) is 11.4 Å². The number of nitro groups is 2. The number of hydrazine groups is 1. The second kappa shape index (κ2) is 17.8. The number of nitro benzene ring substituents is 1. The van der Waals surface area contributed by atoms with Gasteiger partial charge < -0.3 is 33.8 Å². The lowest BCUT2D eigenvalue weighted by Gasteiger charge is -2.47.